The number of hydrogen-bond donors (Lipinski definition) is 2. The van der Waals surface area contributed by atoms with Crippen LogP contribution in [-0.2, 0) is 9.53 Å². The number of nitrogens with one attached hydrogen (secondary N) is 2. The van der Waals surface area contributed by atoms with E-state index in [1.165, 1.54) is 25.7 Å². The van der Waals surface area contributed by atoms with Crippen molar-refractivity contribution >= 4 is 11.9 Å². The predicted molar refractivity (Wildman–Crippen MR) is 108 cm³/mol. The quantitative estimate of drug-likeness (QED) is 0.536. The van der Waals surface area contributed by atoms with Crippen molar-refractivity contribution in [3.8, 4) is 0 Å². The van der Waals surface area contributed by atoms with Crippen molar-refractivity contribution in [2.24, 2.45) is 4.99 Å². The monoisotopic (exact) mass is 379 g/mol. The predicted octanol–water partition coefficient (Wildman–Crippen LogP) is 1.20. The summed E-state index contributed by atoms with van der Waals surface area (Å²) in [5.74, 6) is 0.768. The van der Waals surface area contributed by atoms with Gasteiger partial charge < -0.3 is 25.2 Å². The summed E-state index contributed by atoms with van der Waals surface area (Å²) in [7, 11) is 3.53. The number of guanidine groups is 1. The molecule has 1 saturated carbocycles. The van der Waals surface area contributed by atoms with E-state index in [0.29, 0.717) is 6.04 Å². The molecule has 1 aliphatic carbocycles. The summed E-state index contributed by atoms with van der Waals surface area (Å²) in [6.07, 6.45) is 10.3. The third kappa shape index (κ3) is 6.35. The van der Waals surface area contributed by atoms with Crippen molar-refractivity contribution in [3.63, 3.8) is 0 Å². The van der Waals surface area contributed by atoms with E-state index in [9.17, 15) is 4.79 Å². The highest BCUT2D eigenvalue weighted by molar-refractivity contribution is 5.84. The van der Waals surface area contributed by atoms with Crippen molar-refractivity contribution < 1.29 is 9.53 Å². The fraction of sp³-hybridized carbons (Fsp3) is 0.900. The smallest absolute Gasteiger partial charge is 0.243 e. The molecule has 3 rings (SSSR count). The third-order valence-corrected chi connectivity index (χ3v) is 6.10. The molecule has 1 atom stereocenters. The van der Waals surface area contributed by atoms with Gasteiger partial charge in [0, 0.05) is 52.4 Å². The zero-order valence-electron chi connectivity index (χ0n) is 17.1. The molecule has 0 radical (unpaired) electrons. The number of amides is 1. The Labute approximate surface area is 163 Å². The van der Waals surface area contributed by atoms with Crippen molar-refractivity contribution in [1.82, 2.24) is 20.4 Å². The van der Waals surface area contributed by atoms with Crippen LogP contribution in [0.1, 0.15) is 51.4 Å². The lowest BCUT2D eigenvalue weighted by molar-refractivity contribution is -0.127. The maximum Gasteiger partial charge on any atom is 0.243 e. The van der Waals surface area contributed by atoms with E-state index in [1.54, 1.807) is 19.0 Å². The van der Waals surface area contributed by atoms with E-state index in [1.807, 2.05) is 0 Å². The van der Waals surface area contributed by atoms with E-state index in [2.05, 4.69) is 20.5 Å². The summed E-state index contributed by atoms with van der Waals surface area (Å²) >= 11 is 0. The standard InChI is InChI=1S/C20H37N5O2/c1-24(2)19(26)15-22-20(21-14-18-8-5-13-27-18)23-16-9-11-25(12-10-16)17-6-3-4-7-17/h16-18H,3-15H2,1-2H3,(H2,21,22,23). The molecule has 154 valence electrons. The van der Waals surface area contributed by atoms with E-state index in [-0.39, 0.29) is 18.6 Å². The number of hydrogen-bond acceptors (Lipinski definition) is 4. The maximum absolute atomic E-state index is 11.9. The molecule has 2 aliphatic heterocycles. The minimum atomic E-state index is 0.0178. The van der Waals surface area contributed by atoms with E-state index in [4.69, 9.17) is 4.74 Å². The maximum atomic E-state index is 11.9. The minimum absolute atomic E-state index is 0.0178. The van der Waals surface area contributed by atoms with Crippen LogP contribution in [0.4, 0.5) is 0 Å². The van der Waals surface area contributed by atoms with Crippen LogP contribution in [0.15, 0.2) is 4.99 Å². The Morgan fingerprint density at radius 2 is 1.85 bits per heavy atom. The number of nitrogens with zero attached hydrogens (tertiary/aromatic N) is 3. The van der Waals surface area contributed by atoms with Gasteiger partial charge in [0.2, 0.25) is 5.91 Å². The minimum Gasteiger partial charge on any atom is -0.376 e. The summed E-state index contributed by atoms with van der Waals surface area (Å²) in [6.45, 7) is 4.11. The van der Waals surface area contributed by atoms with Crippen molar-refractivity contribution in [1.29, 1.82) is 0 Å². The molecule has 0 bridgehead atoms. The number of likely N-dealkylation sites (N-methyl/N-ethyl adjacent to an activating group) is 1. The number of likely N-dealkylation sites (tertiary alicyclic amines) is 1. The SMILES string of the molecule is CN(C)C(=O)CN=C(NCC1CCCO1)NC1CCN(C2CCCC2)CC1. The molecule has 0 spiro atoms. The Hall–Kier alpha value is -1.34. The lowest BCUT2D eigenvalue weighted by Crippen LogP contribution is -2.51. The molecular formula is C20H37N5O2. The van der Waals surface area contributed by atoms with Gasteiger partial charge in [-0.05, 0) is 38.5 Å². The lowest BCUT2D eigenvalue weighted by Gasteiger charge is -2.36. The lowest BCUT2D eigenvalue weighted by atomic mass is 10.0. The van der Waals surface area contributed by atoms with Crippen molar-refractivity contribution in [2.75, 3.05) is 46.9 Å². The summed E-state index contributed by atoms with van der Waals surface area (Å²) in [5, 5.41) is 6.97. The van der Waals surface area contributed by atoms with Gasteiger partial charge in [0.25, 0.3) is 0 Å². The number of ether oxygens (including phenoxy) is 1. The summed E-state index contributed by atoms with van der Waals surface area (Å²) in [4.78, 5) is 20.7. The van der Waals surface area contributed by atoms with Crippen LogP contribution in [0.25, 0.3) is 0 Å². The largest absolute Gasteiger partial charge is 0.376 e. The highest BCUT2D eigenvalue weighted by atomic mass is 16.5. The summed E-state index contributed by atoms with van der Waals surface area (Å²) < 4.78 is 5.70. The molecule has 27 heavy (non-hydrogen) atoms. The molecule has 3 aliphatic rings. The average molecular weight is 380 g/mol. The van der Waals surface area contributed by atoms with Gasteiger partial charge in [-0.3, -0.25) is 4.79 Å². The van der Waals surface area contributed by atoms with Gasteiger partial charge in [0.15, 0.2) is 5.96 Å². The zero-order chi connectivity index (χ0) is 19.1. The molecule has 0 aromatic carbocycles. The highest BCUT2D eigenvalue weighted by Crippen LogP contribution is 2.26. The van der Waals surface area contributed by atoms with Crippen LogP contribution in [0.5, 0.6) is 0 Å². The second-order valence-electron chi connectivity index (χ2n) is 8.36. The second-order valence-corrected chi connectivity index (χ2v) is 8.36. The van der Waals surface area contributed by atoms with Crippen LogP contribution in [-0.4, -0.2) is 86.7 Å². The molecule has 0 aromatic rings. The van der Waals surface area contributed by atoms with Gasteiger partial charge in [0.05, 0.1) is 6.10 Å². The molecule has 1 amide bonds. The molecule has 3 fully saturated rings. The van der Waals surface area contributed by atoms with Crippen LogP contribution >= 0.6 is 0 Å². The Balaban J connectivity index is 1.48. The van der Waals surface area contributed by atoms with Gasteiger partial charge in [-0.1, -0.05) is 12.8 Å². The fourth-order valence-electron chi connectivity index (χ4n) is 4.33. The number of carbonyl (C=O) groups excluding carboxylic acids is 1. The van der Waals surface area contributed by atoms with E-state index >= 15 is 0 Å². The van der Waals surface area contributed by atoms with Crippen LogP contribution in [0, 0.1) is 0 Å². The Kier molecular flexibility index (Phi) is 7.76. The van der Waals surface area contributed by atoms with Crippen LogP contribution in [0.3, 0.4) is 0 Å². The first-order valence-corrected chi connectivity index (χ1v) is 10.7. The van der Waals surface area contributed by atoms with Crippen LogP contribution in [0.2, 0.25) is 0 Å². The summed E-state index contributed by atoms with van der Waals surface area (Å²) in [6, 6.07) is 1.24. The van der Waals surface area contributed by atoms with Gasteiger partial charge in [-0.25, -0.2) is 4.99 Å². The van der Waals surface area contributed by atoms with Crippen molar-refractivity contribution in [3.05, 3.63) is 0 Å². The molecule has 2 N–H and O–H groups in total. The Bertz CT molecular complexity index is 491. The van der Waals surface area contributed by atoms with Gasteiger partial charge >= 0.3 is 0 Å². The molecule has 2 saturated heterocycles. The Morgan fingerprint density at radius 3 is 2.48 bits per heavy atom. The molecule has 7 nitrogen and oxygen atoms in total. The number of carbonyl (C=O) groups is 1. The average Bonchev–Trinajstić information content (AvgIpc) is 3.38. The first-order valence-electron chi connectivity index (χ1n) is 10.7. The zero-order valence-corrected chi connectivity index (χ0v) is 17.1. The van der Waals surface area contributed by atoms with E-state index < -0.39 is 0 Å². The molecule has 2 heterocycles. The normalized spacial score (nSPS) is 25.7. The molecular weight excluding hydrogens is 342 g/mol. The highest BCUT2D eigenvalue weighted by Gasteiger charge is 2.27. The summed E-state index contributed by atoms with van der Waals surface area (Å²) in [5.41, 5.74) is 0. The fourth-order valence-corrected chi connectivity index (χ4v) is 4.33. The van der Waals surface area contributed by atoms with Crippen LogP contribution < -0.4 is 10.6 Å². The van der Waals surface area contributed by atoms with E-state index in [0.717, 1.165) is 63.9 Å². The topological polar surface area (TPSA) is 69.2 Å². The van der Waals surface area contributed by atoms with Gasteiger partial charge in [-0.2, -0.15) is 0 Å². The third-order valence-electron chi connectivity index (χ3n) is 6.10. The van der Waals surface area contributed by atoms with Gasteiger partial charge in [-0.15, -0.1) is 0 Å². The molecule has 1 unspecified atom stereocenters. The Morgan fingerprint density at radius 1 is 1.11 bits per heavy atom. The molecule has 7 heteroatoms. The number of rotatable bonds is 6. The first kappa shape index (κ1) is 20.4. The van der Waals surface area contributed by atoms with Crippen molar-refractivity contribution in [2.45, 2.75) is 69.6 Å². The number of aliphatic imine (C=N–C) groups is 1. The number of piperidine rings is 1. The first-order chi connectivity index (χ1) is 13.1. The van der Waals surface area contributed by atoms with Gasteiger partial charge in [0.1, 0.15) is 6.54 Å². The second kappa shape index (κ2) is 10.3. The molecule has 0 aromatic heterocycles.